The smallest absolute Gasteiger partial charge is 0.310 e. The van der Waals surface area contributed by atoms with Gasteiger partial charge in [0, 0.05) is 35.3 Å². The predicted molar refractivity (Wildman–Crippen MR) is 217 cm³/mol. The SMILES string of the molecule is CCCCCCCCCC(C(=O)O)c1ccc(NCc2ccc(Sc3nnc(-c4ccc(C(C)(C)C)cc4)n3C)cc2OCCCCCCC)cc1. The lowest BCUT2D eigenvalue weighted by Crippen LogP contribution is -2.12. The monoisotopic (exact) mass is 726 g/mol. The van der Waals surface area contributed by atoms with Crippen molar-refractivity contribution in [3.63, 3.8) is 0 Å². The quantitative estimate of drug-likeness (QED) is 0.0735. The van der Waals surface area contributed by atoms with Crippen molar-refractivity contribution in [3.05, 3.63) is 83.4 Å². The first-order valence-electron chi connectivity index (χ1n) is 19.6. The molecule has 4 aromatic rings. The van der Waals surface area contributed by atoms with Gasteiger partial charge in [0.1, 0.15) is 5.75 Å². The number of nitrogens with one attached hydrogen (secondary N) is 1. The van der Waals surface area contributed by atoms with Crippen LogP contribution in [0.1, 0.15) is 141 Å². The lowest BCUT2D eigenvalue weighted by atomic mass is 9.87. The van der Waals surface area contributed by atoms with Crippen LogP contribution < -0.4 is 10.1 Å². The maximum Gasteiger partial charge on any atom is 0.310 e. The van der Waals surface area contributed by atoms with Crippen molar-refractivity contribution in [2.45, 2.75) is 146 Å². The third kappa shape index (κ3) is 12.7. The molecule has 1 unspecified atom stereocenters. The Morgan fingerprint density at radius 1 is 0.827 bits per heavy atom. The van der Waals surface area contributed by atoms with Crippen LogP contribution in [0.15, 0.2) is 76.8 Å². The van der Waals surface area contributed by atoms with Gasteiger partial charge in [-0.25, -0.2) is 0 Å². The highest BCUT2D eigenvalue weighted by Crippen LogP contribution is 2.34. The molecule has 0 aliphatic carbocycles. The summed E-state index contributed by atoms with van der Waals surface area (Å²) in [6.07, 6.45) is 14.9. The fourth-order valence-corrected chi connectivity index (χ4v) is 7.23. The van der Waals surface area contributed by atoms with Gasteiger partial charge < -0.3 is 19.7 Å². The summed E-state index contributed by atoms with van der Waals surface area (Å²) in [7, 11) is 2.01. The van der Waals surface area contributed by atoms with Crippen LogP contribution in [0.25, 0.3) is 11.4 Å². The highest BCUT2D eigenvalue weighted by atomic mass is 32.2. The van der Waals surface area contributed by atoms with Gasteiger partial charge >= 0.3 is 5.97 Å². The second-order valence-corrected chi connectivity index (χ2v) is 16.1. The van der Waals surface area contributed by atoms with E-state index in [2.05, 4.69) is 92.6 Å². The fraction of sp³-hybridized carbons (Fsp3) is 0.523. The minimum absolute atomic E-state index is 0.0963. The number of hydrogen-bond acceptors (Lipinski definition) is 6. The lowest BCUT2D eigenvalue weighted by Gasteiger charge is -2.19. The zero-order valence-electron chi connectivity index (χ0n) is 32.5. The Labute approximate surface area is 317 Å². The summed E-state index contributed by atoms with van der Waals surface area (Å²) in [6.45, 7) is 12.4. The maximum absolute atomic E-state index is 12.1. The van der Waals surface area contributed by atoms with E-state index in [1.54, 1.807) is 11.8 Å². The highest BCUT2D eigenvalue weighted by Gasteiger charge is 2.20. The molecule has 0 fully saturated rings. The van der Waals surface area contributed by atoms with Gasteiger partial charge in [-0.3, -0.25) is 4.79 Å². The molecule has 0 aliphatic heterocycles. The minimum Gasteiger partial charge on any atom is -0.493 e. The Morgan fingerprint density at radius 2 is 1.46 bits per heavy atom. The summed E-state index contributed by atoms with van der Waals surface area (Å²) >= 11 is 1.58. The van der Waals surface area contributed by atoms with E-state index in [0.29, 0.717) is 19.6 Å². The minimum atomic E-state index is -0.742. The van der Waals surface area contributed by atoms with Gasteiger partial charge in [-0.15, -0.1) is 10.2 Å². The van der Waals surface area contributed by atoms with E-state index in [1.165, 1.54) is 56.9 Å². The molecular formula is C44H62N4O3S. The van der Waals surface area contributed by atoms with Gasteiger partial charge in [0.15, 0.2) is 11.0 Å². The van der Waals surface area contributed by atoms with Crippen LogP contribution in [0, 0.1) is 0 Å². The molecule has 1 heterocycles. The van der Waals surface area contributed by atoms with Gasteiger partial charge in [-0.05, 0) is 65.4 Å². The number of nitrogens with zero attached hydrogens (tertiary/aromatic N) is 3. The van der Waals surface area contributed by atoms with Crippen molar-refractivity contribution in [2.75, 3.05) is 11.9 Å². The number of benzene rings is 3. The fourth-order valence-electron chi connectivity index (χ4n) is 6.42. The summed E-state index contributed by atoms with van der Waals surface area (Å²) in [5.74, 6) is 0.496. The number of anilines is 1. The number of rotatable bonds is 23. The van der Waals surface area contributed by atoms with Crippen molar-refractivity contribution in [3.8, 4) is 17.1 Å². The third-order valence-corrected chi connectivity index (χ3v) is 10.8. The molecule has 8 heteroatoms. The van der Waals surface area contributed by atoms with E-state index in [-0.39, 0.29) is 5.41 Å². The Hall–Kier alpha value is -3.78. The number of hydrogen-bond donors (Lipinski definition) is 2. The average molecular weight is 727 g/mol. The normalized spacial score (nSPS) is 12.2. The van der Waals surface area contributed by atoms with Crippen molar-refractivity contribution < 1.29 is 14.6 Å². The molecule has 4 rings (SSSR count). The Bertz CT molecular complexity index is 1640. The topological polar surface area (TPSA) is 89.3 Å². The summed E-state index contributed by atoms with van der Waals surface area (Å²) in [6, 6.07) is 22.9. The molecule has 0 amide bonds. The first kappa shape index (κ1) is 41.0. The molecule has 1 atom stereocenters. The lowest BCUT2D eigenvalue weighted by molar-refractivity contribution is -0.139. The molecule has 0 radical (unpaired) electrons. The van der Waals surface area contributed by atoms with E-state index in [4.69, 9.17) is 4.74 Å². The number of carboxylic acids is 1. The molecule has 3 aromatic carbocycles. The first-order chi connectivity index (χ1) is 25.1. The van der Waals surface area contributed by atoms with E-state index < -0.39 is 11.9 Å². The molecule has 52 heavy (non-hydrogen) atoms. The average Bonchev–Trinajstić information content (AvgIpc) is 3.49. The van der Waals surface area contributed by atoms with Gasteiger partial charge in [-0.2, -0.15) is 0 Å². The number of carboxylic acid groups (broad SMARTS) is 1. The van der Waals surface area contributed by atoms with Gasteiger partial charge in [-0.1, -0.05) is 148 Å². The summed E-state index contributed by atoms with van der Waals surface area (Å²) in [5.41, 5.74) is 5.32. The Kier molecular flexibility index (Phi) is 16.6. The molecule has 7 nitrogen and oxygen atoms in total. The van der Waals surface area contributed by atoms with E-state index >= 15 is 0 Å². The zero-order chi connectivity index (χ0) is 37.3. The van der Waals surface area contributed by atoms with Gasteiger partial charge in [0.25, 0.3) is 0 Å². The highest BCUT2D eigenvalue weighted by molar-refractivity contribution is 7.99. The molecule has 2 N–H and O–H groups in total. The number of ether oxygens (including phenoxy) is 1. The molecule has 0 saturated heterocycles. The van der Waals surface area contributed by atoms with E-state index in [1.807, 2.05) is 35.9 Å². The summed E-state index contributed by atoms with van der Waals surface area (Å²) < 4.78 is 8.47. The van der Waals surface area contributed by atoms with Crippen LogP contribution in [-0.2, 0) is 23.8 Å². The van der Waals surface area contributed by atoms with Crippen molar-refractivity contribution in [2.24, 2.45) is 7.05 Å². The Morgan fingerprint density at radius 3 is 2.10 bits per heavy atom. The molecule has 1 aromatic heterocycles. The molecule has 0 saturated carbocycles. The van der Waals surface area contributed by atoms with Gasteiger partial charge in [0.05, 0.1) is 12.5 Å². The predicted octanol–water partition coefficient (Wildman–Crippen LogP) is 12.2. The summed E-state index contributed by atoms with van der Waals surface area (Å²) in [5, 5.41) is 23.4. The molecule has 0 bridgehead atoms. The second-order valence-electron chi connectivity index (χ2n) is 15.1. The van der Waals surface area contributed by atoms with E-state index in [0.717, 1.165) is 69.7 Å². The van der Waals surface area contributed by atoms with Crippen LogP contribution in [-0.4, -0.2) is 32.4 Å². The van der Waals surface area contributed by atoms with Crippen LogP contribution in [0.2, 0.25) is 0 Å². The first-order valence-corrected chi connectivity index (χ1v) is 20.4. The zero-order valence-corrected chi connectivity index (χ0v) is 33.4. The van der Waals surface area contributed by atoms with Crippen molar-refractivity contribution in [1.29, 1.82) is 0 Å². The summed E-state index contributed by atoms with van der Waals surface area (Å²) in [4.78, 5) is 13.2. The molecule has 0 spiro atoms. The van der Waals surface area contributed by atoms with Crippen molar-refractivity contribution in [1.82, 2.24) is 14.8 Å². The van der Waals surface area contributed by atoms with Crippen LogP contribution in [0.3, 0.4) is 0 Å². The molecule has 282 valence electrons. The number of aromatic nitrogens is 3. The molecule has 0 aliphatic rings. The van der Waals surface area contributed by atoms with Crippen LogP contribution >= 0.6 is 11.8 Å². The number of aliphatic carboxylic acids is 1. The number of unbranched alkanes of at least 4 members (excludes halogenated alkanes) is 10. The number of carbonyl (C=O) groups is 1. The standard InChI is InChI=1S/C44H62N4O3S/c1-7-9-11-13-14-15-17-19-39(42(49)50)33-22-27-37(28-23-33)45-32-35-24-29-38(31-40(35)51-30-18-16-12-10-8-2)52-43-47-46-41(48(43)6)34-20-25-36(26-21-34)44(3,4)5/h20-29,31,39,45H,7-19,30,32H2,1-6H3,(H,49,50). The van der Waals surface area contributed by atoms with Crippen LogP contribution in [0.4, 0.5) is 5.69 Å². The maximum atomic E-state index is 12.1. The second kappa shape index (κ2) is 21.1. The molecular weight excluding hydrogens is 665 g/mol. The van der Waals surface area contributed by atoms with Crippen molar-refractivity contribution >= 4 is 23.4 Å². The third-order valence-electron chi connectivity index (χ3n) is 9.79. The van der Waals surface area contributed by atoms with Crippen LogP contribution in [0.5, 0.6) is 5.75 Å². The largest absolute Gasteiger partial charge is 0.493 e. The van der Waals surface area contributed by atoms with Gasteiger partial charge in [0.2, 0.25) is 0 Å². The van der Waals surface area contributed by atoms with E-state index in [9.17, 15) is 9.90 Å². The Balaban J connectivity index is 1.41.